The van der Waals surface area contributed by atoms with Gasteiger partial charge < -0.3 is 5.32 Å². The third-order valence-electron chi connectivity index (χ3n) is 2.56. The molecule has 1 nitrogen and oxygen atoms in total. The molecule has 0 saturated carbocycles. The molecule has 0 aliphatic rings. The average molecular weight is 286 g/mol. The quantitative estimate of drug-likeness (QED) is 0.839. The highest BCUT2D eigenvalue weighted by Crippen LogP contribution is 2.33. The number of hydrogen-bond donors (Lipinski definition) is 1. The van der Waals surface area contributed by atoms with Crippen molar-refractivity contribution in [2.24, 2.45) is 0 Å². The average Bonchev–Trinajstić information content (AvgIpc) is 2.36. The minimum atomic E-state index is -4.39. The molecular weight excluding hydrogens is 275 g/mol. The van der Waals surface area contributed by atoms with Crippen molar-refractivity contribution in [2.75, 3.05) is 5.32 Å². The summed E-state index contributed by atoms with van der Waals surface area (Å²) in [5, 5.41) is 2.99. The molecule has 0 saturated heterocycles. The second-order valence-electron chi connectivity index (χ2n) is 4.07. The van der Waals surface area contributed by atoms with Crippen molar-refractivity contribution in [1.82, 2.24) is 0 Å². The van der Waals surface area contributed by atoms with Gasteiger partial charge in [0, 0.05) is 17.3 Å². The van der Waals surface area contributed by atoms with E-state index >= 15 is 0 Å². The maximum absolute atomic E-state index is 12.6. The van der Waals surface area contributed by atoms with Crippen molar-refractivity contribution in [2.45, 2.75) is 12.7 Å². The van der Waals surface area contributed by atoms with Gasteiger partial charge >= 0.3 is 6.18 Å². The van der Waals surface area contributed by atoms with Crippen LogP contribution in [0.1, 0.15) is 11.1 Å². The molecule has 0 heterocycles. The Morgan fingerprint density at radius 2 is 1.68 bits per heavy atom. The summed E-state index contributed by atoms with van der Waals surface area (Å²) in [7, 11) is 0. The van der Waals surface area contributed by atoms with Crippen LogP contribution in [0.2, 0.25) is 5.02 Å². The van der Waals surface area contributed by atoms with E-state index < -0.39 is 11.7 Å². The summed E-state index contributed by atoms with van der Waals surface area (Å²) < 4.78 is 37.9. The second kappa shape index (κ2) is 5.53. The number of anilines is 1. The predicted molar refractivity (Wildman–Crippen MR) is 70.2 cm³/mol. The maximum Gasteiger partial charge on any atom is 0.416 e. The van der Waals surface area contributed by atoms with Gasteiger partial charge in [0.1, 0.15) is 0 Å². The smallest absolute Gasteiger partial charge is 0.381 e. The summed E-state index contributed by atoms with van der Waals surface area (Å²) in [6, 6.07) is 12.8. The number of alkyl halides is 3. The third-order valence-corrected chi connectivity index (χ3v) is 2.78. The van der Waals surface area contributed by atoms with Gasteiger partial charge in [-0.25, -0.2) is 0 Å². The number of halogens is 4. The highest BCUT2D eigenvalue weighted by atomic mass is 35.5. The lowest BCUT2D eigenvalue weighted by atomic mass is 10.1. The van der Waals surface area contributed by atoms with E-state index in [0.29, 0.717) is 12.2 Å². The summed E-state index contributed by atoms with van der Waals surface area (Å²) in [6.07, 6.45) is -4.39. The van der Waals surface area contributed by atoms with Crippen LogP contribution in [0.4, 0.5) is 18.9 Å². The number of hydrogen-bond acceptors (Lipinski definition) is 1. The second-order valence-corrected chi connectivity index (χ2v) is 4.50. The van der Waals surface area contributed by atoms with E-state index in [1.165, 1.54) is 6.07 Å². The normalized spacial score (nSPS) is 11.4. The Balaban J connectivity index is 2.15. The summed E-state index contributed by atoms with van der Waals surface area (Å²) in [6.45, 7) is 0.443. The molecule has 0 fully saturated rings. The lowest BCUT2D eigenvalue weighted by Gasteiger charge is -2.11. The predicted octanol–water partition coefficient (Wildman–Crippen LogP) is 4.97. The van der Waals surface area contributed by atoms with Gasteiger partial charge in [0.05, 0.1) is 5.56 Å². The SMILES string of the molecule is FC(F)(F)c1cc(Cl)cc(NCc2ccccc2)c1. The zero-order valence-corrected chi connectivity index (χ0v) is 10.6. The van der Waals surface area contributed by atoms with Crippen LogP contribution >= 0.6 is 11.6 Å². The lowest BCUT2D eigenvalue weighted by Crippen LogP contribution is -2.06. The zero-order valence-electron chi connectivity index (χ0n) is 9.84. The van der Waals surface area contributed by atoms with Crippen LogP contribution in [0.25, 0.3) is 0 Å². The molecule has 0 aliphatic heterocycles. The first-order chi connectivity index (χ1) is 8.95. The van der Waals surface area contributed by atoms with Crippen molar-refractivity contribution in [3.63, 3.8) is 0 Å². The molecule has 0 atom stereocenters. The fourth-order valence-electron chi connectivity index (χ4n) is 1.66. The molecule has 0 aliphatic carbocycles. The molecule has 0 amide bonds. The van der Waals surface area contributed by atoms with Crippen LogP contribution in [-0.2, 0) is 12.7 Å². The summed E-state index contributed by atoms with van der Waals surface area (Å²) in [4.78, 5) is 0. The van der Waals surface area contributed by atoms with Crippen LogP contribution in [-0.4, -0.2) is 0 Å². The maximum atomic E-state index is 12.6. The fourth-order valence-corrected chi connectivity index (χ4v) is 1.89. The number of benzene rings is 2. The first kappa shape index (κ1) is 13.7. The summed E-state index contributed by atoms with van der Waals surface area (Å²) in [5.41, 5.74) is 0.579. The van der Waals surface area contributed by atoms with E-state index in [4.69, 9.17) is 11.6 Å². The molecular formula is C14H11ClF3N. The van der Waals surface area contributed by atoms with E-state index in [9.17, 15) is 13.2 Å². The van der Waals surface area contributed by atoms with Crippen LogP contribution in [0.5, 0.6) is 0 Å². The molecule has 0 aromatic heterocycles. The van der Waals surface area contributed by atoms with Crippen molar-refractivity contribution < 1.29 is 13.2 Å². The Bertz CT molecular complexity index is 552. The Kier molecular flexibility index (Phi) is 4.00. The van der Waals surface area contributed by atoms with Gasteiger partial charge in [-0.1, -0.05) is 41.9 Å². The Morgan fingerprint density at radius 3 is 2.32 bits per heavy atom. The van der Waals surface area contributed by atoms with Crippen LogP contribution < -0.4 is 5.32 Å². The zero-order chi connectivity index (χ0) is 13.9. The molecule has 0 radical (unpaired) electrons. The van der Waals surface area contributed by atoms with E-state index in [1.54, 1.807) is 0 Å². The third kappa shape index (κ3) is 3.89. The Labute approximate surface area is 114 Å². The van der Waals surface area contributed by atoms with Gasteiger partial charge in [0.25, 0.3) is 0 Å². The minimum Gasteiger partial charge on any atom is -0.381 e. The van der Waals surface area contributed by atoms with Gasteiger partial charge in [0.2, 0.25) is 0 Å². The molecule has 2 aromatic carbocycles. The van der Waals surface area contributed by atoms with Gasteiger partial charge in [0.15, 0.2) is 0 Å². The molecule has 100 valence electrons. The summed E-state index contributed by atoms with van der Waals surface area (Å²) >= 11 is 5.70. The Hall–Kier alpha value is -1.68. The molecule has 2 aromatic rings. The van der Waals surface area contributed by atoms with Crippen molar-refractivity contribution in [3.05, 3.63) is 64.7 Å². The largest absolute Gasteiger partial charge is 0.416 e. The van der Waals surface area contributed by atoms with Gasteiger partial charge in [-0.05, 0) is 23.8 Å². The highest BCUT2D eigenvalue weighted by molar-refractivity contribution is 6.30. The fraction of sp³-hybridized carbons (Fsp3) is 0.143. The molecule has 0 spiro atoms. The monoisotopic (exact) mass is 285 g/mol. The molecule has 5 heteroatoms. The Morgan fingerprint density at radius 1 is 1.00 bits per heavy atom. The molecule has 0 bridgehead atoms. The van der Waals surface area contributed by atoms with Gasteiger partial charge in [-0.3, -0.25) is 0 Å². The highest BCUT2D eigenvalue weighted by Gasteiger charge is 2.31. The minimum absolute atomic E-state index is 0.0605. The molecule has 1 N–H and O–H groups in total. The van der Waals surface area contributed by atoms with Crippen molar-refractivity contribution in [3.8, 4) is 0 Å². The van der Waals surface area contributed by atoms with Gasteiger partial charge in [-0.15, -0.1) is 0 Å². The standard InChI is InChI=1S/C14H11ClF3N/c15-12-6-11(14(16,17)18)7-13(8-12)19-9-10-4-2-1-3-5-10/h1-8,19H,9H2. The summed E-state index contributed by atoms with van der Waals surface area (Å²) in [5.74, 6) is 0. The topological polar surface area (TPSA) is 12.0 Å². The van der Waals surface area contributed by atoms with E-state index in [0.717, 1.165) is 17.7 Å². The number of nitrogens with one attached hydrogen (secondary N) is 1. The molecule has 2 rings (SSSR count). The molecule has 0 unspecified atom stereocenters. The van der Waals surface area contributed by atoms with E-state index in [2.05, 4.69) is 5.32 Å². The van der Waals surface area contributed by atoms with Crippen LogP contribution in [0.15, 0.2) is 48.5 Å². The molecule has 19 heavy (non-hydrogen) atoms. The lowest BCUT2D eigenvalue weighted by molar-refractivity contribution is -0.137. The van der Waals surface area contributed by atoms with Crippen molar-refractivity contribution >= 4 is 17.3 Å². The van der Waals surface area contributed by atoms with Crippen molar-refractivity contribution in [1.29, 1.82) is 0 Å². The van der Waals surface area contributed by atoms with E-state index in [-0.39, 0.29) is 5.02 Å². The van der Waals surface area contributed by atoms with Gasteiger partial charge in [-0.2, -0.15) is 13.2 Å². The van der Waals surface area contributed by atoms with E-state index in [1.807, 2.05) is 30.3 Å². The number of rotatable bonds is 3. The first-order valence-corrected chi connectivity index (χ1v) is 5.98. The van der Waals surface area contributed by atoms with Crippen LogP contribution in [0, 0.1) is 0 Å². The van der Waals surface area contributed by atoms with Crippen LogP contribution in [0.3, 0.4) is 0 Å². The first-order valence-electron chi connectivity index (χ1n) is 5.61.